The van der Waals surface area contributed by atoms with E-state index in [1.54, 1.807) is 11.6 Å². The average molecular weight is 517 g/mol. The van der Waals surface area contributed by atoms with Crippen LogP contribution >= 0.6 is 11.6 Å². The fraction of sp³-hybridized carbons (Fsp3) is 0.379. The summed E-state index contributed by atoms with van der Waals surface area (Å²) >= 11 is 6.25. The van der Waals surface area contributed by atoms with Crippen molar-refractivity contribution in [2.45, 2.75) is 38.6 Å². The lowest BCUT2D eigenvalue weighted by molar-refractivity contribution is 0.208. The molecule has 192 valence electrons. The van der Waals surface area contributed by atoms with Crippen molar-refractivity contribution in [3.8, 4) is 28.0 Å². The number of halogens is 1. The third-order valence-electron chi connectivity index (χ3n) is 7.94. The van der Waals surface area contributed by atoms with Gasteiger partial charge in [-0.2, -0.15) is 9.61 Å². The van der Waals surface area contributed by atoms with Crippen molar-refractivity contribution in [3.05, 3.63) is 59.4 Å². The molecule has 2 aromatic carbocycles. The van der Waals surface area contributed by atoms with E-state index in [4.69, 9.17) is 27.1 Å². The molecule has 8 heteroatoms. The monoisotopic (exact) mass is 516 g/mol. The Hall–Kier alpha value is -3.29. The van der Waals surface area contributed by atoms with Crippen LogP contribution in [0.15, 0.2) is 48.7 Å². The lowest BCUT2D eigenvalue weighted by Gasteiger charge is -2.38. The fourth-order valence-corrected chi connectivity index (χ4v) is 6.21. The number of ether oxygens (including phenoxy) is 1. The van der Waals surface area contributed by atoms with Gasteiger partial charge in [-0.15, -0.1) is 0 Å². The molecule has 2 aliphatic heterocycles. The van der Waals surface area contributed by atoms with Crippen LogP contribution in [0.3, 0.4) is 0 Å². The molecular weight excluding hydrogens is 484 g/mol. The second-order valence-electron chi connectivity index (χ2n) is 10.1. The van der Waals surface area contributed by atoms with E-state index in [9.17, 15) is 0 Å². The minimum Gasteiger partial charge on any atom is -0.496 e. The number of hydrogen-bond acceptors (Lipinski definition) is 6. The third-order valence-corrected chi connectivity index (χ3v) is 8.17. The van der Waals surface area contributed by atoms with E-state index in [1.807, 2.05) is 37.4 Å². The SMILES string of the molecule is COc1ccc(N2CCC(N3CCCC3)CC2)cc1-c1cnn2c(N)c(-c3cccc(Cl)c3)c(C)nc12. The maximum Gasteiger partial charge on any atom is 0.165 e. The van der Waals surface area contributed by atoms with Crippen molar-refractivity contribution < 1.29 is 4.74 Å². The van der Waals surface area contributed by atoms with Gasteiger partial charge in [0.25, 0.3) is 0 Å². The van der Waals surface area contributed by atoms with Gasteiger partial charge in [0.2, 0.25) is 0 Å². The first-order chi connectivity index (χ1) is 18.0. The predicted molar refractivity (Wildman–Crippen MR) is 151 cm³/mol. The van der Waals surface area contributed by atoms with E-state index in [1.165, 1.54) is 44.5 Å². The molecule has 0 amide bonds. The summed E-state index contributed by atoms with van der Waals surface area (Å²) in [6.07, 6.45) is 6.95. The summed E-state index contributed by atoms with van der Waals surface area (Å²) in [5, 5.41) is 5.29. The summed E-state index contributed by atoms with van der Waals surface area (Å²) in [7, 11) is 1.70. The highest BCUT2D eigenvalue weighted by Crippen LogP contribution is 2.39. The molecule has 0 bridgehead atoms. The van der Waals surface area contributed by atoms with E-state index >= 15 is 0 Å². The first-order valence-corrected chi connectivity index (χ1v) is 13.5. The van der Waals surface area contributed by atoms with Crippen molar-refractivity contribution in [2.75, 3.05) is 43.9 Å². The molecule has 0 radical (unpaired) electrons. The van der Waals surface area contributed by atoms with Gasteiger partial charge >= 0.3 is 0 Å². The smallest absolute Gasteiger partial charge is 0.165 e. The molecule has 2 saturated heterocycles. The lowest BCUT2D eigenvalue weighted by Crippen LogP contribution is -2.43. The molecule has 4 aromatic rings. The zero-order chi connectivity index (χ0) is 25.5. The van der Waals surface area contributed by atoms with Gasteiger partial charge in [-0.3, -0.25) is 0 Å². The summed E-state index contributed by atoms with van der Waals surface area (Å²) in [5.41, 5.74) is 13.0. The fourth-order valence-electron chi connectivity index (χ4n) is 6.02. The van der Waals surface area contributed by atoms with Crippen molar-refractivity contribution in [2.24, 2.45) is 0 Å². The van der Waals surface area contributed by atoms with Crippen LogP contribution in [0, 0.1) is 6.92 Å². The van der Waals surface area contributed by atoms with Gasteiger partial charge in [-0.1, -0.05) is 23.7 Å². The number of piperidine rings is 1. The van der Waals surface area contributed by atoms with E-state index in [0.29, 0.717) is 16.5 Å². The Morgan fingerprint density at radius 3 is 2.51 bits per heavy atom. The number of fused-ring (bicyclic) bond motifs is 1. The Kier molecular flexibility index (Phi) is 6.42. The summed E-state index contributed by atoms with van der Waals surface area (Å²) in [5.74, 6) is 1.33. The van der Waals surface area contributed by atoms with Gasteiger partial charge in [0.1, 0.15) is 11.6 Å². The van der Waals surface area contributed by atoms with Crippen molar-refractivity contribution in [1.82, 2.24) is 19.5 Å². The first-order valence-electron chi connectivity index (χ1n) is 13.1. The minimum atomic E-state index is 0.537. The van der Waals surface area contributed by atoms with Crippen LogP contribution in [-0.2, 0) is 0 Å². The lowest BCUT2D eigenvalue weighted by atomic mass is 10.0. The topological polar surface area (TPSA) is 71.9 Å². The third kappa shape index (κ3) is 4.40. The highest BCUT2D eigenvalue weighted by Gasteiger charge is 2.27. The van der Waals surface area contributed by atoms with E-state index < -0.39 is 0 Å². The molecule has 2 N–H and O–H groups in total. The zero-order valence-electron chi connectivity index (χ0n) is 21.5. The molecule has 0 aliphatic carbocycles. The first kappa shape index (κ1) is 24.1. The van der Waals surface area contributed by atoms with Gasteiger partial charge in [0.05, 0.1) is 24.6 Å². The molecule has 0 saturated carbocycles. The number of nitrogen functional groups attached to an aromatic ring is 1. The Morgan fingerprint density at radius 1 is 1.00 bits per heavy atom. The zero-order valence-corrected chi connectivity index (χ0v) is 22.2. The Bertz CT molecular complexity index is 1440. The van der Waals surface area contributed by atoms with Crippen molar-refractivity contribution >= 4 is 28.8 Å². The van der Waals surface area contributed by atoms with Crippen LogP contribution < -0.4 is 15.4 Å². The van der Waals surface area contributed by atoms with Crippen LogP contribution in [0.1, 0.15) is 31.4 Å². The van der Waals surface area contributed by atoms with Crippen LogP contribution in [0.2, 0.25) is 5.02 Å². The molecule has 4 heterocycles. The van der Waals surface area contributed by atoms with Crippen LogP contribution in [0.5, 0.6) is 5.75 Å². The maximum atomic E-state index is 6.65. The average Bonchev–Trinajstić information content (AvgIpc) is 3.59. The van der Waals surface area contributed by atoms with Gasteiger partial charge in [-0.05, 0) is 81.6 Å². The standard InChI is InChI=1S/C29H33ClN6O/c1-19-27(20-6-5-7-21(30)16-20)28(31)36-29(33-19)25(18-32-36)24-17-23(8-9-26(24)37-2)35-14-10-22(11-15-35)34-12-3-4-13-34/h5-9,16-18,22H,3-4,10-15,31H2,1-2H3. The largest absolute Gasteiger partial charge is 0.496 e. The number of anilines is 2. The second-order valence-corrected chi connectivity index (χ2v) is 10.5. The molecule has 2 fully saturated rings. The molecule has 2 aromatic heterocycles. The molecule has 7 nitrogen and oxygen atoms in total. The number of rotatable bonds is 5. The number of nitrogens with two attached hydrogens (primary N) is 1. The van der Waals surface area contributed by atoms with E-state index in [-0.39, 0.29) is 0 Å². The molecule has 0 spiro atoms. The normalized spacial score (nSPS) is 17.1. The summed E-state index contributed by atoms with van der Waals surface area (Å²) < 4.78 is 7.49. The number of nitrogens with zero attached hydrogens (tertiary/aromatic N) is 5. The van der Waals surface area contributed by atoms with Crippen LogP contribution in [0.25, 0.3) is 27.9 Å². The molecule has 37 heavy (non-hydrogen) atoms. The number of benzene rings is 2. The van der Waals surface area contributed by atoms with Crippen LogP contribution in [0.4, 0.5) is 11.5 Å². The number of aryl methyl sites for hydroxylation is 1. The maximum absolute atomic E-state index is 6.65. The Labute approximate surface area is 222 Å². The highest BCUT2D eigenvalue weighted by molar-refractivity contribution is 6.30. The second kappa shape index (κ2) is 9.88. The van der Waals surface area contributed by atoms with Crippen LogP contribution in [-0.4, -0.2) is 58.8 Å². The van der Waals surface area contributed by atoms with Gasteiger partial charge in [-0.25, -0.2) is 4.98 Å². The van der Waals surface area contributed by atoms with E-state index in [2.05, 4.69) is 33.1 Å². The minimum absolute atomic E-state index is 0.537. The Morgan fingerprint density at radius 2 is 1.78 bits per heavy atom. The number of aromatic nitrogens is 3. The quantitative estimate of drug-likeness (QED) is 0.368. The number of hydrogen-bond donors (Lipinski definition) is 1. The molecule has 0 unspecified atom stereocenters. The predicted octanol–water partition coefficient (Wildman–Crippen LogP) is 5.68. The summed E-state index contributed by atoms with van der Waals surface area (Å²) in [6, 6.07) is 14.8. The van der Waals surface area contributed by atoms with Gasteiger partial charge in [0.15, 0.2) is 5.65 Å². The number of likely N-dealkylation sites (tertiary alicyclic amines) is 1. The summed E-state index contributed by atoms with van der Waals surface area (Å²) in [6.45, 7) is 6.63. The molecule has 0 atom stereocenters. The van der Waals surface area contributed by atoms with Crippen molar-refractivity contribution in [1.29, 1.82) is 0 Å². The van der Waals surface area contributed by atoms with Gasteiger partial charge in [0, 0.05) is 41.0 Å². The van der Waals surface area contributed by atoms with Crippen molar-refractivity contribution in [3.63, 3.8) is 0 Å². The molecule has 6 rings (SSSR count). The molecule has 2 aliphatic rings. The highest BCUT2D eigenvalue weighted by atomic mass is 35.5. The molecular formula is C29H33ClN6O. The summed E-state index contributed by atoms with van der Waals surface area (Å²) in [4.78, 5) is 10.1. The van der Waals surface area contributed by atoms with E-state index in [0.717, 1.165) is 52.8 Å². The Balaban J connectivity index is 1.35. The van der Waals surface area contributed by atoms with Gasteiger partial charge < -0.3 is 20.3 Å². The number of methoxy groups -OCH3 is 1.